The lowest BCUT2D eigenvalue weighted by Crippen LogP contribution is -2.29. The number of unbranched alkanes of at least 4 members (excludes halogenated alkanes) is 1. The molecule has 4 heteroatoms. The minimum atomic E-state index is -0.933. The van der Waals surface area contributed by atoms with Crippen molar-refractivity contribution in [1.29, 1.82) is 0 Å². The van der Waals surface area contributed by atoms with Gasteiger partial charge in [-0.25, -0.2) is 0 Å². The fourth-order valence-electron chi connectivity index (χ4n) is 0.632. The third-order valence-electron chi connectivity index (χ3n) is 1.29. The molecule has 0 aliphatic carbocycles. The average molecular weight is 148 g/mol. The summed E-state index contributed by atoms with van der Waals surface area (Å²) in [7, 11) is 0. The van der Waals surface area contributed by atoms with E-state index >= 15 is 0 Å². The van der Waals surface area contributed by atoms with Crippen LogP contribution >= 0.6 is 0 Å². The Morgan fingerprint density at radius 1 is 1.50 bits per heavy atom. The van der Waals surface area contributed by atoms with Crippen molar-refractivity contribution in [3.63, 3.8) is 0 Å². The molecular formula is C6H14N2O2. The second kappa shape index (κ2) is 5.20. The summed E-state index contributed by atoms with van der Waals surface area (Å²) >= 11 is 0. The van der Waals surface area contributed by atoms with Gasteiger partial charge in [0.15, 0.2) is 0 Å². The second-order valence-electron chi connectivity index (χ2n) is 2.23. The highest BCUT2D eigenvalue weighted by atomic mass is 16.4. The number of carboxylic acids is 1. The number of nitrogens with two attached hydrogens (primary N) is 2. The van der Waals surface area contributed by atoms with Gasteiger partial charge in [-0.05, 0) is 19.4 Å². The zero-order valence-corrected chi connectivity index (χ0v) is 5.92. The van der Waals surface area contributed by atoms with Crippen LogP contribution in [0.15, 0.2) is 0 Å². The van der Waals surface area contributed by atoms with Gasteiger partial charge >= 0.3 is 5.97 Å². The summed E-state index contributed by atoms with van der Waals surface area (Å²) in [5.41, 5.74) is 10.4. The average Bonchev–Trinajstić information content (AvgIpc) is 1.88. The van der Waals surface area contributed by atoms with Crippen LogP contribution in [0.1, 0.15) is 19.3 Å². The van der Waals surface area contributed by atoms with Gasteiger partial charge in [0.2, 0.25) is 0 Å². The number of rotatable bonds is 5. The summed E-state index contributed by atoms with van der Waals surface area (Å²) in [6.07, 6.45) is 2.16. The van der Waals surface area contributed by atoms with Crippen LogP contribution in [0.5, 0.6) is 0 Å². The first-order valence-electron chi connectivity index (χ1n) is 3.37. The highest BCUT2D eigenvalue weighted by Gasteiger charge is 2.09. The van der Waals surface area contributed by atoms with Crippen molar-refractivity contribution in [2.75, 3.05) is 6.54 Å². The summed E-state index contributed by atoms with van der Waals surface area (Å²) in [6, 6.07) is -0.716. The molecule has 0 amide bonds. The van der Waals surface area contributed by atoms with Gasteiger partial charge < -0.3 is 16.6 Å². The van der Waals surface area contributed by atoms with Gasteiger partial charge in [-0.3, -0.25) is 4.79 Å². The number of aliphatic carboxylic acids is 1. The van der Waals surface area contributed by atoms with Crippen LogP contribution in [0, 0.1) is 0 Å². The summed E-state index contributed by atoms with van der Waals surface area (Å²) in [6.45, 7) is 0.604. The molecule has 0 fully saturated rings. The number of hydrogen-bond acceptors (Lipinski definition) is 3. The zero-order valence-electron chi connectivity index (χ0n) is 5.92. The first-order chi connectivity index (χ1) is 4.68. The second-order valence-corrected chi connectivity index (χ2v) is 2.23. The van der Waals surface area contributed by atoms with Crippen LogP contribution < -0.4 is 11.5 Å². The largest absolute Gasteiger partial charge is 0.480 e. The Morgan fingerprint density at radius 3 is 2.50 bits per heavy atom. The molecule has 0 spiro atoms. The monoisotopic (exact) mass is 148 g/mol. The number of carboxylic acid groups (broad SMARTS) is 1. The molecule has 60 valence electrons. The number of hydrogen-bond donors (Lipinski definition) is 3. The SMILES string of the molecule is N[13CH2]CCC[13CH](N)C(=O)O. The molecule has 10 heavy (non-hydrogen) atoms. The molecule has 0 heterocycles. The highest BCUT2D eigenvalue weighted by molar-refractivity contribution is 5.72. The minimum Gasteiger partial charge on any atom is -0.480 e. The van der Waals surface area contributed by atoms with E-state index in [0.717, 1.165) is 12.8 Å². The molecule has 0 radical (unpaired) electrons. The normalized spacial score (nSPS) is 13.0. The van der Waals surface area contributed by atoms with E-state index < -0.39 is 12.0 Å². The molecule has 5 N–H and O–H groups in total. The van der Waals surface area contributed by atoms with Crippen molar-refractivity contribution in [3.8, 4) is 0 Å². The maximum Gasteiger partial charge on any atom is 0.320 e. The third-order valence-corrected chi connectivity index (χ3v) is 1.29. The van der Waals surface area contributed by atoms with Crippen LogP contribution in [0.3, 0.4) is 0 Å². The molecule has 0 saturated carbocycles. The Bertz CT molecular complexity index is 106. The lowest BCUT2D eigenvalue weighted by molar-refractivity contribution is -0.138. The van der Waals surface area contributed by atoms with Gasteiger partial charge in [0, 0.05) is 0 Å². The minimum absolute atomic E-state index is 0.520. The molecule has 0 aromatic carbocycles. The highest BCUT2D eigenvalue weighted by Crippen LogP contribution is 1.96. The summed E-state index contributed by atoms with van der Waals surface area (Å²) in [5, 5.41) is 8.33. The summed E-state index contributed by atoms with van der Waals surface area (Å²) < 4.78 is 0. The molecule has 0 aliphatic rings. The van der Waals surface area contributed by atoms with E-state index in [9.17, 15) is 4.79 Å². The lowest BCUT2D eigenvalue weighted by Gasteiger charge is -2.03. The van der Waals surface area contributed by atoms with Crippen LogP contribution in [0.2, 0.25) is 0 Å². The summed E-state index contributed by atoms with van der Waals surface area (Å²) in [4.78, 5) is 10.1. The van der Waals surface area contributed by atoms with Gasteiger partial charge in [0.05, 0.1) is 0 Å². The first kappa shape index (κ1) is 9.39. The molecule has 0 bridgehead atoms. The molecule has 4 nitrogen and oxygen atoms in total. The van der Waals surface area contributed by atoms with Crippen molar-refractivity contribution >= 4 is 5.97 Å². The van der Waals surface area contributed by atoms with Crippen LogP contribution in [-0.2, 0) is 4.79 Å². The van der Waals surface area contributed by atoms with E-state index in [0.29, 0.717) is 13.0 Å². The first-order valence-corrected chi connectivity index (χ1v) is 3.37. The fourth-order valence-corrected chi connectivity index (χ4v) is 0.632. The maximum atomic E-state index is 10.1. The van der Waals surface area contributed by atoms with Crippen molar-refractivity contribution in [2.24, 2.45) is 11.5 Å². The van der Waals surface area contributed by atoms with Crippen LogP contribution in [-0.4, -0.2) is 23.7 Å². The van der Waals surface area contributed by atoms with Gasteiger partial charge in [-0.15, -0.1) is 0 Å². The maximum absolute atomic E-state index is 10.1. The molecule has 0 saturated heterocycles. The molecule has 1 atom stereocenters. The van der Waals surface area contributed by atoms with Gasteiger partial charge in [-0.1, -0.05) is 6.42 Å². The Hall–Kier alpha value is -0.610. The Labute approximate surface area is 60.2 Å². The van der Waals surface area contributed by atoms with Crippen molar-refractivity contribution < 1.29 is 9.90 Å². The van der Waals surface area contributed by atoms with E-state index in [1.54, 1.807) is 0 Å². The molecular weight excluding hydrogens is 134 g/mol. The van der Waals surface area contributed by atoms with Crippen molar-refractivity contribution in [3.05, 3.63) is 0 Å². The van der Waals surface area contributed by atoms with Gasteiger partial charge in [0.25, 0.3) is 0 Å². The third kappa shape index (κ3) is 4.29. The van der Waals surface area contributed by atoms with E-state index in [-0.39, 0.29) is 0 Å². The predicted octanol–water partition coefficient (Wildman–Crippen LogP) is -0.473. The van der Waals surface area contributed by atoms with Gasteiger partial charge in [-0.2, -0.15) is 0 Å². The molecule has 0 aromatic rings. The van der Waals surface area contributed by atoms with E-state index in [1.165, 1.54) is 0 Å². The Kier molecular flexibility index (Phi) is 4.88. The van der Waals surface area contributed by atoms with Crippen LogP contribution in [0.4, 0.5) is 0 Å². The number of carbonyl (C=O) groups is 1. The molecule has 0 aromatic heterocycles. The fraction of sp³-hybridized carbons (Fsp3) is 0.833. The van der Waals surface area contributed by atoms with Gasteiger partial charge in [0.1, 0.15) is 6.04 Å². The van der Waals surface area contributed by atoms with E-state index in [2.05, 4.69) is 0 Å². The quantitative estimate of drug-likeness (QED) is 0.363. The Balaban J connectivity index is 3.21. The Morgan fingerprint density at radius 2 is 2.10 bits per heavy atom. The lowest BCUT2D eigenvalue weighted by atomic mass is 10.3. The van der Waals surface area contributed by atoms with Crippen molar-refractivity contribution in [2.45, 2.75) is 25.3 Å². The molecule has 0 rings (SSSR count). The standard InChI is InChI=1S/C6H14N2O2/c7-4-2-1-3-5(8)6(9)10/h5H,1-4,7-8H2,(H,9,10)/i4+1,5+1. The van der Waals surface area contributed by atoms with E-state index in [1.807, 2.05) is 0 Å². The molecule has 0 aliphatic heterocycles. The smallest absolute Gasteiger partial charge is 0.320 e. The zero-order chi connectivity index (χ0) is 7.98. The van der Waals surface area contributed by atoms with Crippen LogP contribution in [0.25, 0.3) is 0 Å². The van der Waals surface area contributed by atoms with Crippen molar-refractivity contribution in [1.82, 2.24) is 0 Å². The molecule has 1 unspecified atom stereocenters. The topological polar surface area (TPSA) is 89.3 Å². The van der Waals surface area contributed by atoms with E-state index in [4.69, 9.17) is 16.6 Å². The summed E-state index contributed by atoms with van der Waals surface area (Å²) in [5.74, 6) is -0.933. The predicted molar refractivity (Wildman–Crippen MR) is 38.5 cm³/mol.